The maximum Gasteiger partial charge on any atom is 0.127 e. The van der Waals surface area contributed by atoms with E-state index in [1.165, 1.54) is 0 Å². The molecule has 0 aliphatic rings. The van der Waals surface area contributed by atoms with Gasteiger partial charge in [0.05, 0.1) is 11.2 Å². The molecule has 3 heteroatoms. The highest BCUT2D eigenvalue weighted by atomic mass is 16.5. The predicted molar refractivity (Wildman–Crippen MR) is 93.0 cm³/mol. The molecule has 0 atom stereocenters. The number of hydrogen-bond acceptors (Lipinski definition) is 3. The summed E-state index contributed by atoms with van der Waals surface area (Å²) in [6, 6.07) is 15.5. The molecule has 0 saturated heterocycles. The molecule has 2 aromatic carbocycles. The van der Waals surface area contributed by atoms with E-state index >= 15 is 0 Å². The van der Waals surface area contributed by atoms with Crippen molar-refractivity contribution in [3.63, 3.8) is 0 Å². The Bertz CT molecular complexity index is 556. The standard InChI is InChI=1S/C20H26O3/c1-19(2,21)13-15-5-9-17(10-6-15)23-18-11-7-16(8-12-18)14-20(3,4)22/h5-12,21-22H,13-14H2,1-4H3. The van der Waals surface area contributed by atoms with Crippen LogP contribution in [0.15, 0.2) is 48.5 Å². The van der Waals surface area contributed by atoms with E-state index in [4.69, 9.17) is 4.74 Å². The maximum atomic E-state index is 9.83. The monoisotopic (exact) mass is 314 g/mol. The van der Waals surface area contributed by atoms with Crippen LogP contribution in [0.2, 0.25) is 0 Å². The van der Waals surface area contributed by atoms with Crippen molar-refractivity contribution in [3.05, 3.63) is 59.7 Å². The van der Waals surface area contributed by atoms with Crippen molar-refractivity contribution in [2.24, 2.45) is 0 Å². The van der Waals surface area contributed by atoms with E-state index < -0.39 is 11.2 Å². The molecule has 2 aromatic rings. The fraction of sp³-hybridized carbons (Fsp3) is 0.400. The molecule has 0 spiro atoms. The van der Waals surface area contributed by atoms with Gasteiger partial charge in [-0.25, -0.2) is 0 Å². The van der Waals surface area contributed by atoms with Crippen molar-refractivity contribution < 1.29 is 14.9 Å². The third-order valence-corrected chi connectivity index (χ3v) is 3.36. The lowest BCUT2D eigenvalue weighted by atomic mass is 9.99. The summed E-state index contributed by atoms with van der Waals surface area (Å²) in [5.74, 6) is 1.53. The van der Waals surface area contributed by atoms with Crippen LogP contribution in [0.5, 0.6) is 11.5 Å². The van der Waals surface area contributed by atoms with E-state index in [-0.39, 0.29) is 0 Å². The summed E-state index contributed by atoms with van der Waals surface area (Å²) in [6.45, 7) is 7.19. The first-order valence-corrected chi connectivity index (χ1v) is 7.91. The molecule has 0 aromatic heterocycles. The fourth-order valence-corrected chi connectivity index (χ4v) is 2.49. The molecule has 0 fully saturated rings. The third kappa shape index (κ3) is 6.43. The summed E-state index contributed by atoms with van der Waals surface area (Å²) >= 11 is 0. The minimum Gasteiger partial charge on any atom is -0.457 e. The normalized spacial score (nSPS) is 12.3. The molecule has 2 rings (SSSR count). The quantitative estimate of drug-likeness (QED) is 0.844. The van der Waals surface area contributed by atoms with Crippen LogP contribution < -0.4 is 4.74 Å². The summed E-state index contributed by atoms with van der Waals surface area (Å²) in [5.41, 5.74) is 0.730. The van der Waals surface area contributed by atoms with Crippen LogP contribution in [0.25, 0.3) is 0 Å². The highest BCUT2D eigenvalue weighted by Crippen LogP contribution is 2.24. The highest BCUT2D eigenvalue weighted by molar-refractivity contribution is 5.35. The molecule has 3 nitrogen and oxygen atoms in total. The lowest BCUT2D eigenvalue weighted by molar-refractivity contribution is 0.0803. The highest BCUT2D eigenvalue weighted by Gasteiger charge is 2.14. The molecule has 0 bridgehead atoms. The Morgan fingerprint density at radius 3 is 1.22 bits per heavy atom. The number of aliphatic hydroxyl groups is 2. The Morgan fingerprint density at radius 2 is 0.957 bits per heavy atom. The third-order valence-electron chi connectivity index (χ3n) is 3.36. The molecular formula is C20H26O3. The molecule has 2 N–H and O–H groups in total. The van der Waals surface area contributed by atoms with Gasteiger partial charge in [0.2, 0.25) is 0 Å². The Balaban J connectivity index is 1.99. The van der Waals surface area contributed by atoms with Crippen LogP contribution in [-0.2, 0) is 12.8 Å². The summed E-state index contributed by atoms with van der Waals surface area (Å²) in [4.78, 5) is 0. The van der Waals surface area contributed by atoms with Gasteiger partial charge in [-0.3, -0.25) is 0 Å². The molecule has 23 heavy (non-hydrogen) atoms. The lowest BCUT2D eigenvalue weighted by Crippen LogP contribution is -2.21. The first kappa shape index (κ1) is 17.5. The largest absolute Gasteiger partial charge is 0.457 e. The summed E-state index contributed by atoms with van der Waals surface area (Å²) in [6.07, 6.45) is 1.22. The van der Waals surface area contributed by atoms with Crippen LogP contribution in [0, 0.1) is 0 Å². The maximum absolute atomic E-state index is 9.83. The van der Waals surface area contributed by atoms with E-state index in [0.29, 0.717) is 12.8 Å². The minimum absolute atomic E-state index is 0.610. The first-order valence-electron chi connectivity index (χ1n) is 7.91. The van der Waals surface area contributed by atoms with Crippen molar-refractivity contribution in [2.45, 2.75) is 51.7 Å². The van der Waals surface area contributed by atoms with E-state index in [1.54, 1.807) is 27.7 Å². The lowest BCUT2D eigenvalue weighted by Gasteiger charge is -2.17. The molecule has 0 aliphatic carbocycles. The zero-order valence-corrected chi connectivity index (χ0v) is 14.3. The van der Waals surface area contributed by atoms with E-state index in [9.17, 15) is 10.2 Å². The van der Waals surface area contributed by atoms with Crippen LogP contribution in [0.1, 0.15) is 38.8 Å². The SMILES string of the molecule is CC(C)(O)Cc1ccc(Oc2ccc(CC(C)(C)O)cc2)cc1. The average Bonchev–Trinajstić information content (AvgIpc) is 2.40. The second-order valence-electron chi connectivity index (χ2n) is 7.37. The van der Waals surface area contributed by atoms with Crippen molar-refractivity contribution >= 4 is 0 Å². The van der Waals surface area contributed by atoms with Gasteiger partial charge >= 0.3 is 0 Å². The topological polar surface area (TPSA) is 49.7 Å². The van der Waals surface area contributed by atoms with Gasteiger partial charge in [0.15, 0.2) is 0 Å². The van der Waals surface area contributed by atoms with Gasteiger partial charge in [0.1, 0.15) is 11.5 Å². The number of hydrogen-bond donors (Lipinski definition) is 2. The van der Waals surface area contributed by atoms with Crippen LogP contribution in [-0.4, -0.2) is 21.4 Å². The fourth-order valence-electron chi connectivity index (χ4n) is 2.49. The smallest absolute Gasteiger partial charge is 0.127 e. The van der Waals surface area contributed by atoms with E-state index in [0.717, 1.165) is 22.6 Å². The first-order chi connectivity index (χ1) is 10.6. The van der Waals surface area contributed by atoms with Gasteiger partial charge in [0, 0.05) is 12.8 Å². The summed E-state index contributed by atoms with van der Waals surface area (Å²) in [5, 5.41) is 19.7. The minimum atomic E-state index is -0.710. The van der Waals surface area contributed by atoms with Gasteiger partial charge in [0.25, 0.3) is 0 Å². The van der Waals surface area contributed by atoms with Gasteiger partial charge in [-0.2, -0.15) is 0 Å². The summed E-state index contributed by atoms with van der Waals surface area (Å²) < 4.78 is 5.82. The van der Waals surface area contributed by atoms with Crippen LogP contribution in [0.3, 0.4) is 0 Å². The molecule has 0 saturated carbocycles. The van der Waals surface area contributed by atoms with Crippen molar-refractivity contribution in [1.29, 1.82) is 0 Å². The van der Waals surface area contributed by atoms with E-state index in [2.05, 4.69) is 0 Å². The van der Waals surface area contributed by atoms with Gasteiger partial charge in [-0.05, 0) is 63.1 Å². The van der Waals surface area contributed by atoms with Gasteiger partial charge in [-0.15, -0.1) is 0 Å². The predicted octanol–water partition coefficient (Wildman–Crippen LogP) is 4.11. The Hall–Kier alpha value is -1.84. The molecule has 0 amide bonds. The van der Waals surface area contributed by atoms with Crippen molar-refractivity contribution in [1.82, 2.24) is 0 Å². The Labute approximate surface area is 138 Å². The molecule has 124 valence electrons. The zero-order chi connectivity index (χ0) is 17.1. The van der Waals surface area contributed by atoms with Crippen molar-refractivity contribution in [3.8, 4) is 11.5 Å². The van der Waals surface area contributed by atoms with Crippen LogP contribution >= 0.6 is 0 Å². The average molecular weight is 314 g/mol. The van der Waals surface area contributed by atoms with Gasteiger partial charge < -0.3 is 14.9 Å². The second kappa shape index (κ2) is 6.73. The summed E-state index contributed by atoms with van der Waals surface area (Å²) in [7, 11) is 0. The molecule has 0 unspecified atom stereocenters. The molecule has 0 radical (unpaired) electrons. The Kier molecular flexibility index (Phi) is 5.12. The molecule has 0 aliphatic heterocycles. The molecule has 0 heterocycles. The van der Waals surface area contributed by atoms with Crippen LogP contribution in [0.4, 0.5) is 0 Å². The van der Waals surface area contributed by atoms with Crippen molar-refractivity contribution in [2.75, 3.05) is 0 Å². The molecular weight excluding hydrogens is 288 g/mol. The zero-order valence-electron chi connectivity index (χ0n) is 14.3. The number of benzene rings is 2. The second-order valence-corrected chi connectivity index (χ2v) is 7.37. The number of ether oxygens (including phenoxy) is 1. The van der Waals surface area contributed by atoms with Gasteiger partial charge in [-0.1, -0.05) is 24.3 Å². The number of rotatable bonds is 6. The Morgan fingerprint density at radius 1 is 0.652 bits per heavy atom. The van der Waals surface area contributed by atoms with E-state index in [1.807, 2.05) is 48.5 Å².